The van der Waals surface area contributed by atoms with Gasteiger partial charge >= 0.3 is 0 Å². The highest BCUT2D eigenvalue weighted by molar-refractivity contribution is 6.38. The zero-order chi connectivity index (χ0) is 22.7. The van der Waals surface area contributed by atoms with Crippen LogP contribution in [0.4, 0.5) is 0 Å². The van der Waals surface area contributed by atoms with E-state index in [1.807, 2.05) is 54.6 Å². The van der Waals surface area contributed by atoms with E-state index in [0.29, 0.717) is 10.5 Å². The summed E-state index contributed by atoms with van der Waals surface area (Å²) in [7, 11) is 1.60. The summed E-state index contributed by atoms with van der Waals surface area (Å²) >= 11 is 12.2. The second kappa shape index (κ2) is 9.42. The Balaban J connectivity index is 1.63. The number of halogens is 2. The number of benzene rings is 3. The van der Waals surface area contributed by atoms with Crippen molar-refractivity contribution >= 4 is 40.0 Å². The van der Waals surface area contributed by atoms with Crippen LogP contribution >= 0.6 is 23.2 Å². The van der Waals surface area contributed by atoms with E-state index in [-0.39, 0.29) is 22.9 Å². The van der Waals surface area contributed by atoms with E-state index in [9.17, 15) is 9.59 Å². The van der Waals surface area contributed by atoms with Gasteiger partial charge in [0.25, 0.3) is 5.56 Å². The SMILES string of the molecule is COc1ccc([C@@H](NC(=O)Cn2cnc3c(Cl)cc(Cl)cc3c2=O)c2ccccc2)cc1. The molecular formula is C24H19Cl2N3O3. The quantitative estimate of drug-likeness (QED) is 0.449. The van der Waals surface area contributed by atoms with Gasteiger partial charge in [0.05, 0.1) is 35.4 Å². The fraction of sp³-hybridized carbons (Fsp3) is 0.125. The minimum Gasteiger partial charge on any atom is -0.497 e. The lowest BCUT2D eigenvalue weighted by molar-refractivity contribution is -0.122. The molecule has 1 atom stereocenters. The maximum absolute atomic E-state index is 12.9. The monoisotopic (exact) mass is 467 g/mol. The molecule has 1 N–H and O–H groups in total. The molecule has 1 heterocycles. The number of nitrogens with zero attached hydrogens (tertiary/aromatic N) is 2. The van der Waals surface area contributed by atoms with Crippen molar-refractivity contribution < 1.29 is 9.53 Å². The molecule has 1 amide bonds. The molecule has 0 aliphatic heterocycles. The van der Waals surface area contributed by atoms with Crippen molar-refractivity contribution in [2.75, 3.05) is 7.11 Å². The maximum atomic E-state index is 12.9. The summed E-state index contributed by atoms with van der Waals surface area (Å²) in [5, 5.41) is 3.88. The van der Waals surface area contributed by atoms with Gasteiger partial charge < -0.3 is 10.1 Å². The van der Waals surface area contributed by atoms with Gasteiger partial charge in [0.1, 0.15) is 12.3 Å². The lowest BCUT2D eigenvalue weighted by Crippen LogP contribution is -2.35. The third-order valence-corrected chi connectivity index (χ3v) is 5.55. The minimum atomic E-state index is -0.400. The molecule has 162 valence electrons. The third-order valence-electron chi connectivity index (χ3n) is 5.05. The predicted octanol–water partition coefficient (Wildman–Crippen LogP) is 4.62. The van der Waals surface area contributed by atoms with Gasteiger partial charge in [-0.25, -0.2) is 4.98 Å². The van der Waals surface area contributed by atoms with Crippen LogP contribution in [0, 0.1) is 0 Å². The van der Waals surface area contributed by atoms with Crippen LogP contribution in [-0.2, 0) is 11.3 Å². The lowest BCUT2D eigenvalue weighted by Gasteiger charge is -2.20. The highest BCUT2D eigenvalue weighted by atomic mass is 35.5. The fourth-order valence-electron chi connectivity index (χ4n) is 3.47. The summed E-state index contributed by atoms with van der Waals surface area (Å²) in [6.45, 7) is -0.203. The molecule has 6 nitrogen and oxygen atoms in total. The fourth-order valence-corrected chi connectivity index (χ4v) is 4.01. The normalized spacial score (nSPS) is 11.8. The van der Waals surface area contributed by atoms with Crippen LogP contribution in [0.1, 0.15) is 17.2 Å². The molecule has 0 spiro atoms. The Kier molecular flexibility index (Phi) is 6.44. The van der Waals surface area contributed by atoms with E-state index in [4.69, 9.17) is 27.9 Å². The average molecular weight is 468 g/mol. The Bertz CT molecular complexity index is 1320. The second-order valence-corrected chi connectivity index (χ2v) is 7.99. The molecular weight excluding hydrogens is 449 g/mol. The van der Waals surface area contributed by atoms with Gasteiger partial charge in [-0.3, -0.25) is 14.2 Å². The number of hydrogen-bond acceptors (Lipinski definition) is 4. The molecule has 32 heavy (non-hydrogen) atoms. The van der Waals surface area contributed by atoms with Gasteiger partial charge in [-0.05, 0) is 35.4 Å². The summed E-state index contributed by atoms with van der Waals surface area (Å²) in [5.41, 5.74) is 1.75. The first-order valence-electron chi connectivity index (χ1n) is 9.78. The lowest BCUT2D eigenvalue weighted by atomic mass is 9.98. The van der Waals surface area contributed by atoms with E-state index in [1.54, 1.807) is 7.11 Å². The zero-order valence-electron chi connectivity index (χ0n) is 17.1. The molecule has 0 radical (unpaired) electrons. The smallest absolute Gasteiger partial charge is 0.261 e. The van der Waals surface area contributed by atoms with Crippen molar-refractivity contribution in [1.82, 2.24) is 14.9 Å². The van der Waals surface area contributed by atoms with Crippen molar-refractivity contribution in [3.05, 3.63) is 105 Å². The van der Waals surface area contributed by atoms with Crippen LogP contribution < -0.4 is 15.6 Å². The van der Waals surface area contributed by atoms with Crippen molar-refractivity contribution in [3.63, 3.8) is 0 Å². The number of carbonyl (C=O) groups excluding carboxylic acids is 1. The Hall–Kier alpha value is -3.35. The van der Waals surface area contributed by atoms with Crippen LogP contribution in [0.2, 0.25) is 10.0 Å². The maximum Gasteiger partial charge on any atom is 0.261 e. The summed E-state index contributed by atoms with van der Waals surface area (Å²) in [6, 6.07) is 19.7. The first-order valence-corrected chi connectivity index (χ1v) is 10.5. The number of ether oxygens (including phenoxy) is 1. The summed E-state index contributed by atoms with van der Waals surface area (Å²) in [6.07, 6.45) is 1.31. The zero-order valence-corrected chi connectivity index (χ0v) is 18.6. The molecule has 4 aromatic rings. The van der Waals surface area contributed by atoms with Crippen LogP contribution in [0.5, 0.6) is 5.75 Å². The molecule has 4 rings (SSSR count). The number of fused-ring (bicyclic) bond motifs is 1. The molecule has 0 saturated heterocycles. The van der Waals surface area contributed by atoms with E-state index in [2.05, 4.69) is 10.3 Å². The summed E-state index contributed by atoms with van der Waals surface area (Å²) < 4.78 is 6.47. The molecule has 0 fully saturated rings. The summed E-state index contributed by atoms with van der Waals surface area (Å²) in [4.78, 5) is 30.0. The van der Waals surface area contributed by atoms with Gasteiger partial charge in [-0.15, -0.1) is 0 Å². The van der Waals surface area contributed by atoms with Crippen LogP contribution in [0.15, 0.2) is 77.9 Å². The van der Waals surface area contributed by atoms with Gasteiger partial charge in [0, 0.05) is 5.02 Å². The van der Waals surface area contributed by atoms with Gasteiger partial charge in [0.2, 0.25) is 5.91 Å². The van der Waals surface area contributed by atoms with E-state index >= 15 is 0 Å². The molecule has 8 heteroatoms. The molecule has 0 aliphatic rings. The molecule has 1 aromatic heterocycles. The Morgan fingerprint density at radius 2 is 1.75 bits per heavy atom. The number of aromatic nitrogens is 2. The largest absolute Gasteiger partial charge is 0.497 e. The molecule has 3 aromatic carbocycles. The first kappa shape index (κ1) is 21.9. The number of amides is 1. The standard InChI is InChI=1S/C24H19Cl2N3O3/c1-32-18-9-7-16(8-10-18)22(15-5-3-2-4-6-15)28-21(30)13-29-14-27-23-19(24(29)31)11-17(25)12-20(23)26/h2-12,14,22H,13H2,1H3,(H,28,30)/t22-/m0/s1. The van der Waals surface area contributed by atoms with Crippen LogP contribution in [0.25, 0.3) is 10.9 Å². The minimum absolute atomic E-state index is 0.203. The number of rotatable bonds is 6. The van der Waals surface area contributed by atoms with Crippen LogP contribution in [0.3, 0.4) is 0 Å². The molecule has 0 bridgehead atoms. The number of hydrogen-bond donors (Lipinski definition) is 1. The van der Waals surface area contributed by atoms with Gasteiger partial charge in [-0.2, -0.15) is 0 Å². The number of methoxy groups -OCH3 is 1. The Labute approximate surface area is 194 Å². The van der Waals surface area contributed by atoms with Crippen molar-refractivity contribution in [2.24, 2.45) is 0 Å². The average Bonchev–Trinajstić information content (AvgIpc) is 2.80. The van der Waals surface area contributed by atoms with Gasteiger partial charge in [0.15, 0.2) is 0 Å². The number of nitrogens with one attached hydrogen (secondary N) is 1. The van der Waals surface area contributed by atoms with Crippen molar-refractivity contribution in [3.8, 4) is 5.75 Å². The second-order valence-electron chi connectivity index (χ2n) is 7.15. The Morgan fingerprint density at radius 1 is 1.06 bits per heavy atom. The molecule has 0 aliphatic carbocycles. The first-order chi connectivity index (χ1) is 15.5. The number of carbonyl (C=O) groups is 1. The highest BCUT2D eigenvalue weighted by Gasteiger charge is 2.18. The molecule has 0 unspecified atom stereocenters. The van der Waals surface area contributed by atoms with E-state index < -0.39 is 11.6 Å². The predicted molar refractivity (Wildman–Crippen MR) is 125 cm³/mol. The van der Waals surface area contributed by atoms with Crippen molar-refractivity contribution in [2.45, 2.75) is 12.6 Å². The Morgan fingerprint density at radius 3 is 2.44 bits per heavy atom. The third kappa shape index (κ3) is 4.61. The summed E-state index contributed by atoms with van der Waals surface area (Å²) in [5.74, 6) is 0.379. The highest BCUT2D eigenvalue weighted by Crippen LogP contribution is 2.25. The van der Waals surface area contributed by atoms with Crippen molar-refractivity contribution in [1.29, 1.82) is 0 Å². The van der Waals surface area contributed by atoms with E-state index in [1.165, 1.54) is 23.0 Å². The topological polar surface area (TPSA) is 73.2 Å². The van der Waals surface area contributed by atoms with Gasteiger partial charge in [-0.1, -0.05) is 65.7 Å². The van der Waals surface area contributed by atoms with Crippen LogP contribution in [-0.4, -0.2) is 22.6 Å². The van der Waals surface area contributed by atoms with E-state index in [0.717, 1.165) is 16.9 Å². The molecule has 0 saturated carbocycles.